The average Bonchev–Trinajstić information content (AvgIpc) is 3.06. The monoisotopic (exact) mass is 411 g/mol. The molecule has 0 radical (unpaired) electrons. The predicted molar refractivity (Wildman–Crippen MR) is 111 cm³/mol. The highest BCUT2D eigenvalue weighted by Gasteiger charge is 2.33. The van der Waals surface area contributed by atoms with Crippen LogP contribution in [0.4, 0.5) is 0 Å². The number of piperidine rings is 1. The van der Waals surface area contributed by atoms with Gasteiger partial charge in [-0.1, -0.05) is 25.4 Å². The maximum Gasteiger partial charge on any atom is 0.234 e. The summed E-state index contributed by atoms with van der Waals surface area (Å²) in [7, 11) is 0. The van der Waals surface area contributed by atoms with E-state index in [1.165, 1.54) is 0 Å². The number of benzene rings is 1. The summed E-state index contributed by atoms with van der Waals surface area (Å²) in [4.78, 5) is 14.4. The van der Waals surface area contributed by atoms with E-state index in [4.69, 9.17) is 21.8 Å². The number of hydrogen-bond donors (Lipinski definition) is 2. The second kappa shape index (κ2) is 9.11. The van der Waals surface area contributed by atoms with Gasteiger partial charge >= 0.3 is 0 Å². The molecule has 27 heavy (non-hydrogen) atoms. The van der Waals surface area contributed by atoms with Gasteiger partial charge in [0.1, 0.15) is 11.5 Å². The fraction of sp³-hybridized carbons (Fsp3) is 0.450. The molecule has 1 fully saturated rings. The Morgan fingerprint density at radius 3 is 2.67 bits per heavy atom. The highest BCUT2D eigenvalue weighted by molar-refractivity contribution is 6.30. The van der Waals surface area contributed by atoms with Gasteiger partial charge in [-0.3, -0.25) is 9.69 Å². The number of carbonyl (C=O) groups excluding carboxylic acids is 1. The Hall–Kier alpha value is -1.53. The van der Waals surface area contributed by atoms with Gasteiger partial charge in [0.15, 0.2) is 0 Å². The zero-order valence-electron chi connectivity index (χ0n) is 15.7. The predicted octanol–water partition coefficient (Wildman–Crippen LogP) is 3.70. The lowest BCUT2D eigenvalue weighted by molar-refractivity contribution is -0.123. The summed E-state index contributed by atoms with van der Waals surface area (Å²) in [6.07, 6.45) is 0.920. The van der Waals surface area contributed by atoms with Gasteiger partial charge in [0.2, 0.25) is 5.91 Å². The van der Waals surface area contributed by atoms with Gasteiger partial charge in [0.25, 0.3) is 0 Å². The molecular weight excluding hydrogens is 385 g/mol. The topological polar surface area (TPSA) is 71.5 Å². The third-order valence-corrected chi connectivity index (χ3v) is 5.26. The van der Waals surface area contributed by atoms with E-state index in [-0.39, 0.29) is 29.8 Å². The number of halogens is 2. The van der Waals surface area contributed by atoms with E-state index in [0.717, 1.165) is 36.6 Å². The zero-order valence-corrected chi connectivity index (χ0v) is 17.3. The van der Waals surface area contributed by atoms with Crippen LogP contribution in [0.25, 0.3) is 11.3 Å². The van der Waals surface area contributed by atoms with Gasteiger partial charge in [0.05, 0.1) is 13.1 Å². The van der Waals surface area contributed by atoms with Crippen molar-refractivity contribution in [1.82, 2.24) is 10.2 Å². The first-order valence-corrected chi connectivity index (χ1v) is 9.30. The Bertz CT molecular complexity index is 759. The standard InChI is InChI=1S/C20H26ClN3O2.ClH/c1-20(2)13-24(10-9-18(20)22)12-19(25)23-11-16-7-8-17(26-16)14-3-5-15(21)6-4-14;/h3-8,18H,9-13,22H2,1-2H3,(H,23,25);1H. The van der Waals surface area contributed by atoms with E-state index in [1.807, 2.05) is 36.4 Å². The lowest BCUT2D eigenvalue weighted by Crippen LogP contribution is -2.54. The second-order valence-electron chi connectivity index (χ2n) is 7.64. The van der Waals surface area contributed by atoms with Crippen molar-refractivity contribution in [3.05, 3.63) is 47.2 Å². The largest absolute Gasteiger partial charge is 0.459 e. The van der Waals surface area contributed by atoms with E-state index in [9.17, 15) is 4.79 Å². The number of amides is 1. The van der Waals surface area contributed by atoms with Gasteiger partial charge in [-0.05, 0) is 48.2 Å². The summed E-state index contributed by atoms with van der Waals surface area (Å²) in [6.45, 7) is 6.78. The normalized spacial score (nSPS) is 19.3. The molecule has 148 valence electrons. The van der Waals surface area contributed by atoms with Gasteiger partial charge in [-0.25, -0.2) is 0 Å². The number of hydrogen-bond acceptors (Lipinski definition) is 4. The minimum atomic E-state index is 0. The Kier molecular flexibility index (Phi) is 7.34. The molecule has 7 heteroatoms. The molecule has 1 aromatic carbocycles. The summed E-state index contributed by atoms with van der Waals surface area (Å²) < 4.78 is 5.81. The number of carbonyl (C=O) groups is 1. The highest BCUT2D eigenvalue weighted by Crippen LogP contribution is 2.27. The molecule has 1 amide bonds. The lowest BCUT2D eigenvalue weighted by Gasteiger charge is -2.42. The average molecular weight is 412 g/mol. The van der Waals surface area contributed by atoms with Crippen molar-refractivity contribution in [3.63, 3.8) is 0 Å². The van der Waals surface area contributed by atoms with Crippen LogP contribution in [0.5, 0.6) is 0 Å². The number of furan rings is 1. The molecule has 3 N–H and O–H groups in total. The van der Waals surface area contributed by atoms with Crippen LogP contribution in [0.1, 0.15) is 26.0 Å². The minimum absolute atomic E-state index is 0. The Labute approximate surface area is 171 Å². The molecule has 1 aromatic heterocycles. The van der Waals surface area contributed by atoms with Crippen molar-refractivity contribution in [1.29, 1.82) is 0 Å². The van der Waals surface area contributed by atoms with Crippen LogP contribution in [-0.2, 0) is 11.3 Å². The quantitative estimate of drug-likeness (QED) is 0.786. The molecule has 5 nitrogen and oxygen atoms in total. The molecule has 0 aliphatic carbocycles. The Morgan fingerprint density at radius 1 is 1.30 bits per heavy atom. The van der Waals surface area contributed by atoms with Gasteiger partial charge in [-0.15, -0.1) is 12.4 Å². The SMILES string of the molecule is CC1(C)CN(CC(=O)NCc2ccc(-c3ccc(Cl)cc3)o2)CCC1N.Cl. The maximum absolute atomic E-state index is 12.3. The molecule has 0 spiro atoms. The van der Waals surface area contributed by atoms with E-state index >= 15 is 0 Å². The Morgan fingerprint density at radius 2 is 2.00 bits per heavy atom. The molecule has 1 saturated heterocycles. The molecule has 0 saturated carbocycles. The fourth-order valence-electron chi connectivity index (χ4n) is 3.31. The van der Waals surface area contributed by atoms with Crippen LogP contribution in [0.15, 0.2) is 40.8 Å². The summed E-state index contributed by atoms with van der Waals surface area (Å²) in [6, 6.07) is 11.4. The van der Waals surface area contributed by atoms with E-state index in [1.54, 1.807) is 0 Å². The van der Waals surface area contributed by atoms with E-state index in [2.05, 4.69) is 24.1 Å². The van der Waals surface area contributed by atoms with Crippen molar-refractivity contribution in [2.24, 2.45) is 11.1 Å². The first-order chi connectivity index (χ1) is 12.3. The number of nitrogens with one attached hydrogen (secondary N) is 1. The van der Waals surface area contributed by atoms with Crippen LogP contribution >= 0.6 is 24.0 Å². The molecule has 3 rings (SSSR count). The summed E-state index contributed by atoms with van der Waals surface area (Å²) in [5.74, 6) is 1.49. The summed E-state index contributed by atoms with van der Waals surface area (Å²) in [5, 5.41) is 3.62. The van der Waals surface area contributed by atoms with Crippen molar-refractivity contribution in [2.75, 3.05) is 19.6 Å². The maximum atomic E-state index is 12.3. The van der Waals surface area contributed by atoms with Crippen LogP contribution in [0.3, 0.4) is 0 Å². The van der Waals surface area contributed by atoms with Gasteiger partial charge in [0, 0.05) is 29.7 Å². The van der Waals surface area contributed by atoms with Gasteiger partial charge in [-0.2, -0.15) is 0 Å². The summed E-state index contributed by atoms with van der Waals surface area (Å²) >= 11 is 5.91. The highest BCUT2D eigenvalue weighted by atomic mass is 35.5. The van der Waals surface area contributed by atoms with E-state index in [0.29, 0.717) is 18.1 Å². The molecule has 0 bridgehead atoms. The number of nitrogens with zero attached hydrogens (tertiary/aromatic N) is 1. The second-order valence-corrected chi connectivity index (χ2v) is 8.08. The first kappa shape index (κ1) is 21.8. The van der Waals surface area contributed by atoms with Crippen LogP contribution in [-0.4, -0.2) is 36.5 Å². The minimum Gasteiger partial charge on any atom is -0.459 e. The fourth-order valence-corrected chi connectivity index (χ4v) is 3.43. The van der Waals surface area contributed by atoms with Crippen molar-refractivity contribution in [3.8, 4) is 11.3 Å². The van der Waals surface area contributed by atoms with Crippen LogP contribution in [0, 0.1) is 5.41 Å². The third kappa shape index (κ3) is 5.72. The molecule has 2 heterocycles. The van der Waals surface area contributed by atoms with Crippen LogP contribution in [0.2, 0.25) is 5.02 Å². The molecule has 1 unspecified atom stereocenters. The number of nitrogens with two attached hydrogens (primary N) is 1. The number of likely N-dealkylation sites (tertiary alicyclic amines) is 1. The van der Waals surface area contributed by atoms with Gasteiger partial charge < -0.3 is 15.5 Å². The number of rotatable bonds is 5. The Balaban J connectivity index is 0.00000261. The third-order valence-electron chi connectivity index (χ3n) is 5.01. The smallest absolute Gasteiger partial charge is 0.234 e. The first-order valence-electron chi connectivity index (χ1n) is 8.93. The van der Waals surface area contributed by atoms with E-state index < -0.39 is 0 Å². The molecule has 1 aliphatic rings. The molecular formula is C20H27Cl2N3O2. The lowest BCUT2D eigenvalue weighted by atomic mass is 9.80. The molecule has 1 aliphatic heterocycles. The van der Waals surface area contributed by atoms with Crippen molar-refractivity contribution < 1.29 is 9.21 Å². The van der Waals surface area contributed by atoms with Crippen molar-refractivity contribution >= 4 is 29.9 Å². The summed E-state index contributed by atoms with van der Waals surface area (Å²) in [5.41, 5.74) is 7.14. The molecule has 2 aromatic rings. The zero-order chi connectivity index (χ0) is 18.7. The molecule has 1 atom stereocenters. The van der Waals surface area contributed by atoms with Crippen molar-refractivity contribution in [2.45, 2.75) is 32.9 Å². The van der Waals surface area contributed by atoms with Crippen LogP contribution < -0.4 is 11.1 Å².